The predicted molar refractivity (Wildman–Crippen MR) is 143 cm³/mol. The average molecular weight is 492 g/mol. The Morgan fingerprint density at radius 3 is 2.41 bits per heavy atom. The number of rotatable bonds is 8. The molecule has 6 rings (SSSR count). The third-order valence-electron chi connectivity index (χ3n) is 6.72. The second kappa shape index (κ2) is 9.44. The van der Waals surface area contributed by atoms with Gasteiger partial charge in [0.25, 0.3) is 11.8 Å². The quantitative estimate of drug-likeness (QED) is 0.275. The highest BCUT2D eigenvalue weighted by Gasteiger charge is 2.35. The van der Waals surface area contributed by atoms with Crippen molar-refractivity contribution in [1.29, 1.82) is 0 Å². The van der Waals surface area contributed by atoms with Gasteiger partial charge in [0, 0.05) is 58.5 Å². The minimum atomic E-state index is -0.429. The summed E-state index contributed by atoms with van der Waals surface area (Å²) in [6, 6.07) is 23.4. The van der Waals surface area contributed by atoms with E-state index >= 15 is 0 Å². The van der Waals surface area contributed by atoms with E-state index < -0.39 is 11.8 Å². The van der Waals surface area contributed by atoms with Crippen LogP contribution in [0, 0.1) is 0 Å². The fourth-order valence-corrected chi connectivity index (χ4v) is 4.98. The number of benzene rings is 3. The second-order valence-electron chi connectivity index (χ2n) is 9.05. The Hall–Kier alpha value is -4.62. The molecule has 7 nitrogen and oxygen atoms in total. The number of fused-ring (bicyclic) bond motifs is 2. The maximum atomic E-state index is 13.2. The molecular formula is C30H25N3O4. The van der Waals surface area contributed by atoms with Gasteiger partial charge in [0.05, 0.1) is 11.1 Å². The molecule has 2 amide bonds. The van der Waals surface area contributed by atoms with Crippen molar-refractivity contribution < 1.29 is 19.4 Å². The first kappa shape index (κ1) is 22.8. The smallest absolute Gasteiger partial charge is 0.259 e. The number of aromatic amines is 1. The summed E-state index contributed by atoms with van der Waals surface area (Å²) in [5, 5.41) is 13.6. The van der Waals surface area contributed by atoms with E-state index in [9.17, 15) is 14.7 Å². The monoisotopic (exact) mass is 491 g/mol. The van der Waals surface area contributed by atoms with Crippen molar-refractivity contribution in [3.8, 4) is 5.75 Å². The zero-order chi connectivity index (χ0) is 25.4. The number of carbonyl (C=O) groups excluding carboxylic acids is 2. The lowest BCUT2D eigenvalue weighted by molar-refractivity contribution is -0.122. The van der Waals surface area contributed by atoms with Crippen molar-refractivity contribution in [3.05, 3.63) is 102 Å². The lowest BCUT2D eigenvalue weighted by atomic mass is 9.95. The highest BCUT2D eigenvalue weighted by Crippen LogP contribution is 2.39. The molecule has 184 valence electrons. The Bertz CT molecular complexity index is 1680. The average Bonchev–Trinajstić information content (AvgIpc) is 3.59. The molecule has 0 bridgehead atoms. The maximum absolute atomic E-state index is 13.2. The molecule has 0 atom stereocenters. The van der Waals surface area contributed by atoms with E-state index in [0.717, 1.165) is 27.4 Å². The number of aliphatic hydroxyl groups excluding tert-OH is 1. The van der Waals surface area contributed by atoms with Crippen LogP contribution in [0.1, 0.15) is 23.1 Å². The van der Waals surface area contributed by atoms with Gasteiger partial charge in [-0.2, -0.15) is 0 Å². The highest BCUT2D eigenvalue weighted by atomic mass is 16.5. The first-order chi connectivity index (χ1) is 18.1. The van der Waals surface area contributed by atoms with Crippen LogP contribution in [-0.4, -0.2) is 33.1 Å². The second-order valence-corrected chi connectivity index (χ2v) is 9.05. The van der Waals surface area contributed by atoms with Gasteiger partial charge in [0.15, 0.2) is 0 Å². The molecular weight excluding hydrogens is 466 g/mol. The van der Waals surface area contributed by atoms with Crippen LogP contribution in [0.5, 0.6) is 5.75 Å². The van der Waals surface area contributed by atoms with E-state index in [1.54, 1.807) is 6.20 Å². The highest BCUT2D eigenvalue weighted by molar-refractivity contribution is 6.50. The normalized spacial score (nSPS) is 13.6. The van der Waals surface area contributed by atoms with E-state index in [1.807, 2.05) is 83.6 Å². The van der Waals surface area contributed by atoms with Gasteiger partial charge in [-0.3, -0.25) is 14.9 Å². The number of aryl methyl sites for hydroxylation is 1. The van der Waals surface area contributed by atoms with E-state index in [-0.39, 0.29) is 6.61 Å². The first-order valence-electron chi connectivity index (χ1n) is 12.2. The lowest BCUT2D eigenvalue weighted by Crippen LogP contribution is -2.22. The molecule has 0 saturated carbocycles. The molecule has 0 spiro atoms. The number of imide groups is 1. The Labute approximate surface area is 213 Å². The summed E-state index contributed by atoms with van der Waals surface area (Å²) in [5.41, 5.74) is 4.85. The number of carbonyl (C=O) groups is 2. The predicted octanol–water partition coefficient (Wildman–Crippen LogP) is 4.65. The van der Waals surface area contributed by atoms with Gasteiger partial charge in [-0.05, 0) is 36.2 Å². The Kier molecular flexibility index (Phi) is 5.82. The van der Waals surface area contributed by atoms with Crippen LogP contribution in [0.25, 0.3) is 33.0 Å². The molecule has 37 heavy (non-hydrogen) atoms. The molecule has 7 heteroatoms. The van der Waals surface area contributed by atoms with Gasteiger partial charge in [0.1, 0.15) is 12.4 Å². The topological polar surface area (TPSA) is 96.3 Å². The van der Waals surface area contributed by atoms with Crippen LogP contribution in [-0.2, 0) is 22.7 Å². The lowest BCUT2D eigenvalue weighted by Gasteiger charge is -2.08. The van der Waals surface area contributed by atoms with Gasteiger partial charge < -0.3 is 19.4 Å². The fraction of sp³-hybridized carbons (Fsp3) is 0.133. The van der Waals surface area contributed by atoms with E-state index in [0.29, 0.717) is 47.6 Å². The van der Waals surface area contributed by atoms with Crippen molar-refractivity contribution in [3.63, 3.8) is 0 Å². The molecule has 0 saturated heterocycles. The van der Waals surface area contributed by atoms with Crippen LogP contribution < -0.4 is 10.1 Å². The number of aromatic nitrogens is 2. The zero-order valence-electron chi connectivity index (χ0n) is 20.0. The zero-order valence-corrected chi connectivity index (χ0v) is 20.0. The number of nitrogens with one attached hydrogen (secondary N) is 2. The molecule has 3 N–H and O–H groups in total. The van der Waals surface area contributed by atoms with Crippen LogP contribution in [0.2, 0.25) is 0 Å². The number of amides is 2. The van der Waals surface area contributed by atoms with Crippen molar-refractivity contribution in [2.45, 2.75) is 19.6 Å². The summed E-state index contributed by atoms with van der Waals surface area (Å²) in [4.78, 5) is 29.5. The molecule has 1 aliphatic rings. The summed E-state index contributed by atoms with van der Waals surface area (Å²) in [5.74, 6) is -0.184. The number of H-pyrrole nitrogens is 1. The molecule has 3 aromatic carbocycles. The third kappa shape index (κ3) is 4.09. The third-order valence-corrected chi connectivity index (χ3v) is 6.72. The summed E-state index contributed by atoms with van der Waals surface area (Å²) in [6.07, 6.45) is 4.23. The number of nitrogens with zero attached hydrogens (tertiary/aromatic N) is 1. The minimum absolute atomic E-state index is 0.0511. The SMILES string of the molecule is O=C1NC(=O)C(c2cn(CCCO)c3ccc(OCc4ccccc4)cc23)=C1c1c[nH]c2ccccc12. The molecule has 0 radical (unpaired) electrons. The Morgan fingerprint density at radius 1 is 0.838 bits per heavy atom. The van der Waals surface area contributed by atoms with Gasteiger partial charge in [0.2, 0.25) is 0 Å². The van der Waals surface area contributed by atoms with Gasteiger partial charge in [-0.15, -0.1) is 0 Å². The van der Waals surface area contributed by atoms with Gasteiger partial charge >= 0.3 is 0 Å². The van der Waals surface area contributed by atoms with Crippen LogP contribution in [0.15, 0.2) is 85.2 Å². The van der Waals surface area contributed by atoms with Gasteiger partial charge in [-0.1, -0.05) is 48.5 Å². The Balaban J connectivity index is 1.51. The van der Waals surface area contributed by atoms with Crippen molar-refractivity contribution >= 4 is 44.8 Å². The molecule has 3 heterocycles. The summed E-state index contributed by atoms with van der Waals surface area (Å²) < 4.78 is 8.09. The van der Waals surface area contributed by atoms with Crippen LogP contribution in [0.4, 0.5) is 0 Å². The number of hydrogen-bond acceptors (Lipinski definition) is 4. The summed E-state index contributed by atoms with van der Waals surface area (Å²) >= 11 is 0. The van der Waals surface area contributed by atoms with Crippen molar-refractivity contribution in [2.24, 2.45) is 0 Å². The summed E-state index contributed by atoms with van der Waals surface area (Å²) in [7, 11) is 0. The number of para-hydroxylation sites is 1. The molecule has 0 aliphatic carbocycles. The standard InChI is InChI=1S/C30H25N3O4/c34-14-6-13-33-17-24(22-15-20(11-12-26(22)33)37-18-19-7-2-1-3-8-19)28-27(29(35)32-30(28)36)23-16-31-25-10-5-4-9-21(23)25/h1-5,7-12,15-17,31,34H,6,13-14,18H2,(H,32,35,36). The van der Waals surface area contributed by atoms with Crippen molar-refractivity contribution in [1.82, 2.24) is 14.9 Å². The molecule has 2 aromatic heterocycles. The molecule has 0 unspecified atom stereocenters. The summed E-state index contributed by atoms with van der Waals surface area (Å²) in [6.45, 7) is 1.03. The van der Waals surface area contributed by atoms with Crippen LogP contribution in [0.3, 0.4) is 0 Å². The largest absolute Gasteiger partial charge is 0.489 e. The minimum Gasteiger partial charge on any atom is -0.489 e. The van der Waals surface area contributed by atoms with Gasteiger partial charge in [-0.25, -0.2) is 0 Å². The first-order valence-corrected chi connectivity index (χ1v) is 12.2. The molecule has 5 aromatic rings. The van der Waals surface area contributed by atoms with E-state index in [4.69, 9.17) is 4.74 Å². The maximum Gasteiger partial charge on any atom is 0.259 e. The Morgan fingerprint density at radius 2 is 1.59 bits per heavy atom. The fourth-order valence-electron chi connectivity index (χ4n) is 4.98. The number of hydrogen-bond donors (Lipinski definition) is 3. The molecule has 0 fully saturated rings. The van der Waals surface area contributed by atoms with E-state index in [1.165, 1.54) is 0 Å². The van der Waals surface area contributed by atoms with E-state index in [2.05, 4.69) is 10.3 Å². The molecule has 1 aliphatic heterocycles. The van der Waals surface area contributed by atoms with Crippen molar-refractivity contribution in [2.75, 3.05) is 6.61 Å². The number of aliphatic hydroxyl groups is 1. The number of ether oxygens (including phenoxy) is 1. The van der Waals surface area contributed by atoms with Crippen LogP contribution >= 0.6 is 0 Å².